The van der Waals surface area contributed by atoms with Gasteiger partial charge < -0.3 is 19.9 Å². The normalized spacial score (nSPS) is 12.0. The smallest absolute Gasteiger partial charge is 0.169 e. The van der Waals surface area contributed by atoms with Crippen LogP contribution in [-0.2, 0) is 0 Å². The Hall–Kier alpha value is -2.82. The van der Waals surface area contributed by atoms with Crippen LogP contribution in [0, 0.1) is 0 Å². The van der Waals surface area contributed by atoms with Gasteiger partial charge in [0, 0.05) is 18.2 Å². The Kier molecular flexibility index (Phi) is 7.89. The van der Waals surface area contributed by atoms with Crippen molar-refractivity contribution >= 4 is 0 Å². The van der Waals surface area contributed by atoms with Gasteiger partial charge in [0.05, 0.1) is 6.61 Å². The number of nitrogens with one attached hydrogen (secondary N) is 1. The van der Waals surface area contributed by atoms with E-state index in [1.54, 1.807) is 0 Å². The molecule has 158 valence electrons. The molecule has 4 heteroatoms. The van der Waals surface area contributed by atoms with Crippen molar-refractivity contribution in [2.24, 2.45) is 0 Å². The first-order valence-corrected chi connectivity index (χ1v) is 10.5. The van der Waals surface area contributed by atoms with Crippen molar-refractivity contribution in [2.75, 3.05) is 19.8 Å². The largest absolute Gasteiger partial charge is 0.489 e. The molecule has 0 radical (unpaired) electrons. The monoisotopic (exact) mass is 405 g/mol. The molecule has 0 spiro atoms. The summed E-state index contributed by atoms with van der Waals surface area (Å²) >= 11 is 0. The quantitative estimate of drug-likeness (QED) is 0.489. The van der Waals surface area contributed by atoms with Gasteiger partial charge in [-0.1, -0.05) is 74.5 Å². The highest BCUT2D eigenvalue weighted by atomic mass is 16.5. The zero-order valence-electron chi connectivity index (χ0n) is 18.0. The topological polar surface area (TPSA) is 50.7 Å². The summed E-state index contributed by atoms with van der Waals surface area (Å²) in [5, 5.41) is 13.5. The molecule has 0 aliphatic carbocycles. The molecular formula is C26H31NO3. The van der Waals surface area contributed by atoms with Gasteiger partial charge in [0.25, 0.3) is 0 Å². The van der Waals surface area contributed by atoms with Crippen molar-refractivity contribution in [3.05, 3.63) is 72.8 Å². The lowest BCUT2D eigenvalue weighted by molar-refractivity contribution is 0.102. The van der Waals surface area contributed by atoms with Gasteiger partial charge in [-0.15, -0.1) is 0 Å². The highest BCUT2D eigenvalue weighted by Crippen LogP contribution is 2.45. The minimum atomic E-state index is -0.601. The van der Waals surface area contributed by atoms with E-state index >= 15 is 0 Å². The maximum atomic E-state index is 10.3. The van der Waals surface area contributed by atoms with Crippen molar-refractivity contribution in [3.8, 4) is 33.8 Å². The van der Waals surface area contributed by atoms with Crippen LogP contribution in [0.25, 0.3) is 22.3 Å². The van der Waals surface area contributed by atoms with Crippen LogP contribution in [-0.4, -0.2) is 37.0 Å². The fourth-order valence-electron chi connectivity index (χ4n) is 3.33. The Bertz CT molecular complexity index is 910. The average molecular weight is 406 g/mol. The van der Waals surface area contributed by atoms with E-state index in [9.17, 15) is 5.11 Å². The average Bonchev–Trinajstić information content (AvgIpc) is 2.78. The standard InChI is InChI=1S/C26H31NO3/c1-4-29-26-24(30-18-22(28)17-27-19(2)3)16-15-23(20-11-7-5-8-12-20)25(26)21-13-9-6-10-14-21/h5-16,19,22,27-28H,4,17-18H2,1-3H3. The highest BCUT2D eigenvalue weighted by Gasteiger charge is 2.19. The van der Waals surface area contributed by atoms with Crippen LogP contribution in [0.15, 0.2) is 72.8 Å². The first-order chi connectivity index (χ1) is 14.6. The summed E-state index contributed by atoms with van der Waals surface area (Å²) < 4.78 is 12.1. The van der Waals surface area contributed by atoms with Gasteiger partial charge in [0.15, 0.2) is 11.5 Å². The van der Waals surface area contributed by atoms with Crippen LogP contribution < -0.4 is 14.8 Å². The fraction of sp³-hybridized carbons (Fsp3) is 0.308. The second-order valence-electron chi connectivity index (χ2n) is 7.51. The van der Waals surface area contributed by atoms with Gasteiger partial charge in [-0.3, -0.25) is 0 Å². The molecule has 0 saturated heterocycles. The number of aliphatic hydroxyl groups excluding tert-OH is 1. The number of hydrogen-bond donors (Lipinski definition) is 2. The highest BCUT2D eigenvalue weighted by molar-refractivity contribution is 5.89. The molecule has 0 bridgehead atoms. The third kappa shape index (κ3) is 5.62. The van der Waals surface area contributed by atoms with Gasteiger partial charge in [-0.2, -0.15) is 0 Å². The summed E-state index contributed by atoms with van der Waals surface area (Å²) in [5.41, 5.74) is 4.26. The van der Waals surface area contributed by atoms with Crippen LogP contribution in [0.5, 0.6) is 11.5 Å². The molecule has 0 aliphatic rings. The van der Waals surface area contributed by atoms with Gasteiger partial charge in [0.1, 0.15) is 12.7 Å². The number of ether oxygens (including phenoxy) is 2. The Balaban J connectivity index is 2.00. The molecule has 1 atom stereocenters. The maximum Gasteiger partial charge on any atom is 0.169 e. The molecule has 3 aromatic carbocycles. The summed E-state index contributed by atoms with van der Waals surface area (Å²) in [4.78, 5) is 0. The summed E-state index contributed by atoms with van der Waals surface area (Å²) in [5.74, 6) is 1.34. The van der Waals surface area contributed by atoms with E-state index in [-0.39, 0.29) is 6.61 Å². The van der Waals surface area contributed by atoms with E-state index in [0.29, 0.717) is 30.7 Å². The SMILES string of the molecule is CCOc1c(OCC(O)CNC(C)C)ccc(-c2ccccc2)c1-c1ccccc1. The first-order valence-electron chi connectivity index (χ1n) is 10.5. The zero-order valence-corrected chi connectivity index (χ0v) is 18.0. The molecule has 3 rings (SSSR count). The first kappa shape index (κ1) is 21.9. The van der Waals surface area contributed by atoms with Crippen molar-refractivity contribution in [3.63, 3.8) is 0 Å². The maximum absolute atomic E-state index is 10.3. The van der Waals surface area contributed by atoms with Crippen molar-refractivity contribution < 1.29 is 14.6 Å². The molecule has 0 saturated carbocycles. The summed E-state index contributed by atoms with van der Waals surface area (Å²) in [6.45, 7) is 7.26. The molecule has 0 heterocycles. The molecule has 2 N–H and O–H groups in total. The molecule has 1 unspecified atom stereocenters. The van der Waals surface area contributed by atoms with Crippen molar-refractivity contribution in [1.29, 1.82) is 0 Å². The van der Waals surface area contributed by atoms with E-state index in [2.05, 4.69) is 49.5 Å². The molecule has 0 amide bonds. The lowest BCUT2D eigenvalue weighted by atomic mass is 9.93. The zero-order chi connectivity index (χ0) is 21.3. The summed E-state index contributed by atoms with van der Waals surface area (Å²) in [6, 6.07) is 24.8. The Morgan fingerprint density at radius 3 is 2.07 bits per heavy atom. The van der Waals surface area contributed by atoms with E-state index in [4.69, 9.17) is 9.47 Å². The molecule has 0 fully saturated rings. The number of rotatable bonds is 10. The number of aliphatic hydroxyl groups is 1. The van der Waals surface area contributed by atoms with Gasteiger partial charge in [0.2, 0.25) is 0 Å². The number of benzene rings is 3. The molecule has 3 aromatic rings. The third-order valence-corrected chi connectivity index (χ3v) is 4.75. The second-order valence-corrected chi connectivity index (χ2v) is 7.51. The molecular weight excluding hydrogens is 374 g/mol. The summed E-state index contributed by atoms with van der Waals surface area (Å²) in [7, 11) is 0. The van der Waals surface area contributed by atoms with Crippen molar-refractivity contribution in [1.82, 2.24) is 5.32 Å². The lowest BCUT2D eigenvalue weighted by Gasteiger charge is -2.21. The molecule has 30 heavy (non-hydrogen) atoms. The summed E-state index contributed by atoms with van der Waals surface area (Å²) in [6.07, 6.45) is -0.601. The minimum absolute atomic E-state index is 0.193. The predicted octanol–water partition coefficient (Wildman–Crippen LogP) is 5.16. The molecule has 0 aliphatic heterocycles. The Labute approximate surface area is 179 Å². The van der Waals surface area contributed by atoms with Crippen molar-refractivity contribution in [2.45, 2.75) is 32.9 Å². The van der Waals surface area contributed by atoms with Gasteiger partial charge in [-0.05, 0) is 35.7 Å². The van der Waals surface area contributed by atoms with E-state index in [0.717, 1.165) is 22.3 Å². The van der Waals surface area contributed by atoms with Crippen LogP contribution in [0.1, 0.15) is 20.8 Å². The van der Waals surface area contributed by atoms with Gasteiger partial charge in [-0.25, -0.2) is 0 Å². The second kappa shape index (κ2) is 10.8. The Morgan fingerprint density at radius 2 is 1.47 bits per heavy atom. The van der Waals surface area contributed by atoms with Gasteiger partial charge >= 0.3 is 0 Å². The fourth-order valence-corrected chi connectivity index (χ4v) is 3.33. The number of hydrogen-bond acceptors (Lipinski definition) is 4. The minimum Gasteiger partial charge on any atom is -0.489 e. The van der Waals surface area contributed by atoms with Crippen LogP contribution >= 0.6 is 0 Å². The van der Waals surface area contributed by atoms with E-state index in [1.165, 1.54) is 0 Å². The Morgan fingerprint density at radius 1 is 0.833 bits per heavy atom. The van der Waals surface area contributed by atoms with Crippen LogP contribution in [0.2, 0.25) is 0 Å². The predicted molar refractivity (Wildman–Crippen MR) is 123 cm³/mol. The molecule has 0 aromatic heterocycles. The lowest BCUT2D eigenvalue weighted by Crippen LogP contribution is -2.35. The molecule has 4 nitrogen and oxygen atoms in total. The van der Waals surface area contributed by atoms with E-state index in [1.807, 2.05) is 49.4 Å². The van der Waals surface area contributed by atoms with E-state index < -0.39 is 6.10 Å². The van der Waals surface area contributed by atoms with Crippen LogP contribution in [0.4, 0.5) is 0 Å². The van der Waals surface area contributed by atoms with Crippen LogP contribution in [0.3, 0.4) is 0 Å². The third-order valence-electron chi connectivity index (χ3n) is 4.75.